The molecule has 10 rings (SSSR count). The highest BCUT2D eigenvalue weighted by Gasteiger charge is 2.36. The topological polar surface area (TPSA) is 35.0 Å². The summed E-state index contributed by atoms with van der Waals surface area (Å²) >= 11 is 0. The molecular formula is C47H32N2O. The van der Waals surface area contributed by atoms with Crippen molar-refractivity contribution in [1.29, 1.82) is 0 Å². The maximum absolute atomic E-state index is 6.46. The van der Waals surface area contributed by atoms with Gasteiger partial charge >= 0.3 is 0 Å². The molecule has 1 aromatic heterocycles. The SMILES string of the molecule is CC1(C)c2ccccc2-c2c(-c3cc(-c4ccc(-c5ccc6c(c5)Oc5cccc7cccc-6c57)cc4)nc(-c4ccccc4)n3)cccc21. The summed E-state index contributed by atoms with van der Waals surface area (Å²) in [5, 5.41) is 2.37. The first-order valence-corrected chi connectivity index (χ1v) is 17.2. The summed E-state index contributed by atoms with van der Waals surface area (Å²) in [5.74, 6) is 2.50. The molecule has 0 atom stereocenters. The van der Waals surface area contributed by atoms with Crippen LogP contribution in [-0.2, 0) is 5.41 Å². The molecule has 7 aromatic carbocycles. The summed E-state index contributed by atoms with van der Waals surface area (Å²) in [6, 6.07) is 55.8. The third-order valence-electron chi connectivity index (χ3n) is 10.5. The van der Waals surface area contributed by atoms with E-state index in [1.807, 2.05) is 18.2 Å². The van der Waals surface area contributed by atoms with Crippen molar-refractivity contribution in [1.82, 2.24) is 9.97 Å². The molecule has 0 N–H and O–H groups in total. The van der Waals surface area contributed by atoms with E-state index < -0.39 is 0 Å². The largest absolute Gasteiger partial charge is 0.456 e. The summed E-state index contributed by atoms with van der Waals surface area (Å²) in [6.07, 6.45) is 0. The first-order chi connectivity index (χ1) is 24.5. The first kappa shape index (κ1) is 28.7. The Hall–Kier alpha value is -6.32. The zero-order valence-electron chi connectivity index (χ0n) is 27.8. The number of fused-ring (bicyclic) bond motifs is 5. The summed E-state index contributed by atoms with van der Waals surface area (Å²) in [4.78, 5) is 10.3. The highest BCUT2D eigenvalue weighted by Crippen LogP contribution is 2.52. The van der Waals surface area contributed by atoms with Crippen molar-refractivity contribution in [3.8, 4) is 78.8 Å². The molecular weight excluding hydrogens is 609 g/mol. The summed E-state index contributed by atoms with van der Waals surface area (Å²) in [5.41, 5.74) is 14.7. The number of ether oxygens (including phenoxy) is 1. The Kier molecular flexibility index (Phi) is 6.22. The molecule has 0 saturated heterocycles. The maximum atomic E-state index is 6.46. The van der Waals surface area contributed by atoms with Gasteiger partial charge in [-0.3, -0.25) is 0 Å². The van der Waals surface area contributed by atoms with Crippen LogP contribution in [0.25, 0.3) is 78.1 Å². The van der Waals surface area contributed by atoms with Crippen LogP contribution in [0, 0.1) is 0 Å². The predicted molar refractivity (Wildman–Crippen MR) is 204 cm³/mol. The lowest BCUT2D eigenvalue weighted by Gasteiger charge is -2.22. The summed E-state index contributed by atoms with van der Waals surface area (Å²) in [6.45, 7) is 4.63. The molecule has 0 fully saturated rings. The van der Waals surface area contributed by atoms with Crippen LogP contribution in [0.5, 0.6) is 11.5 Å². The van der Waals surface area contributed by atoms with E-state index in [9.17, 15) is 0 Å². The van der Waals surface area contributed by atoms with Crippen LogP contribution in [0.2, 0.25) is 0 Å². The second-order valence-corrected chi connectivity index (χ2v) is 13.8. The zero-order chi connectivity index (χ0) is 33.4. The van der Waals surface area contributed by atoms with E-state index in [0.29, 0.717) is 5.82 Å². The second-order valence-electron chi connectivity index (χ2n) is 13.8. The number of benzene rings is 7. The van der Waals surface area contributed by atoms with E-state index in [2.05, 4.69) is 153 Å². The predicted octanol–water partition coefficient (Wildman–Crippen LogP) is 12.4. The summed E-state index contributed by atoms with van der Waals surface area (Å²) < 4.78 is 6.46. The van der Waals surface area contributed by atoms with Gasteiger partial charge in [-0.15, -0.1) is 0 Å². The fourth-order valence-electron chi connectivity index (χ4n) is 7.99. The van der Waals surface area contributed by atoms with Crippen LogP contribution in [0.4, 0.5) is 0 Å². The normalized spacial score (nSPS) is 13.3. The lowest BCUT2D eigenvalue weighted by atomic mass is 9.82. The molecule has 2 aliphatic rings. The number of hydrogen-bond donors (Lipinski definition) is 0. The van der Waals surface area contributed by atoms with Crippen LogP contribution in [0.1, 0.15) is 25.0 Å². The number of hydrogen-bond acceptors (Lipinski definition) is 3. The maximum Gasteiger partial charge on any atom is 0.160 e. The van der Waals surface area contributed by atoms with Gasteiger partial charge in [0, 0.05) is 33.1 Å². The molecule has 8 aromatic rings. The third-order valence-corrected chi connectivity index (χ3v) is 10.5. The molecule has 2 heterocycles. The molecule has 0 unspecified atom stereocenters. The lowest BCUT2D eigenvalue weighted by molar-refractivity contribution is 0.487. The molecule has 3 nitrogen and oxygen atoms in total. The molecule has 1 aliphatic carbocycles. The van der Waals surface area contributed by atoms with Crippen LogP contribution in [0.3, 0.4) is 0 Å². The van der Waals surface area contributed by atoms with Crippen LogP contribution < -0.4 is 4.74 Å². The van der Waals surface area contributed by atoms with Gasteiger partial charge in [-0.05, 0) is 68.6 Å². The third kappa shape index (κ3) is 4.37. The Labute approximate surface area is 291 Å². The van der Waals surface area contributed by atoms with Gasteiger partial charge < -0.3 is 4.74 Å². The molecule has 0 radical (unpaired) electrons. The molecule has 3 heteroatoms. The average Bonchev–Trinajstić information content (AvgIpc) is 3.41. The Bertz CT molecular complexity index is 2630. The van der Waals surface area contributed by atoms with E-state index in [-0.39, 0.29) is 5.41 Å². The van der Waals surface area contributed by atoms with Crippen molar-refractivity contribution in [2.75, 3.05) is 0 Å². The van der Waals surface area contributed by atoms with Crippen molar-refractivity contribution in [3.05, 3.63) is 169 Å². The average molecular weight is 641 g/mol. The van der Waals surface area contributed by atoms with Crippen molar-refractivity contribution < 1.29 is 4.74 Å². The quantitative estimate of drug-likeness (QED) is 0.192. The standard InChI is InChI=1S/C47H32N2O/c1-47(2)38-18-7-6-15-36(38)45-37(17-10-19-39(45)47)41-28-40(48-46(49-41)32-11-4-3-5-12-32)30-23-21-29(22-24-30)33-25-26-34-35-16-8-13-31-14-9-20-42(44(31)35)50-43(34)27-33/h3-28H,1-2H3. The smallest absolute Gasteiger partial charge is 0.160 e. The van der Waals surface area contributed by atoms with Gasteiger partial charge in [-0.1, -0.05) is 147 Å². The fraction of sp³-hybridized carbons (Fsp3) is 0.0638. The minimum atomic E-state index is -0.0890. The van der Waals surface area contributed by atoms with Crippen LogP contribution >= 0.6 is 0 Å². The van der Waals surface area contributed by atoms with Crippen molar-refractivity contribution in [2.24, 2.45) is 0 Å². The van der Waals surface area contributed by atoms with Gasteiger partial charge in [0.15, 0.2) is 5.82 Å². The number of rotatable bonds is 4. The number of nitrogens with zero attached hydrogens (tertiary/aromatic N) is 2. The van der Waals surface area contributed by atoms with Gasteiger partial charge in [0.25, 0.3) is 0 Å². The number of aromatic nitrogens is 2. The molecule has 0 amide bonds. The Balaban J connectivity index is 1.07. The van der Waals surface area contributed by atoms with E-state index in [1.54, 1.807) is 0 Å². The summed E-state index contributed by atoms with van der Waals surface area (Å²) in [7, 11) is 0. The minimum absolute atomic E-state index is 0.0890. The van der Waals surface area contributed by atoms with E-state index in [1.165, 1.54) is 38.6 Å². The fourth-order valence-corrected chi connectivity index (χ4v) is 7.99. The Morgan fingerprint density at radius 3 is 1.96 bits per heavy atom. The van der Waals surface area contributed by atoms with Gasteiger partial charge in [-0.2, -0.15) is 0 Å². The minimum Gasteiger partial charge on any atom is -0.456 e. The lowest BCUT2D eigenvalue weighted by Crippen LogP contribution is -2.14. The van der Waals surface area contributed by atoms with E-state index >= 15 is 0 Å². The molecule has 0 bridgehead atoms. The highest BCUT2D eigenvalue weighted by atomic mass is 16.5. The van der Waals surface area contributed by atoms with Gasteiger partial charge in [0.05, 0.1) is 11.4 Å². The van der Waals surface area contributed by atoms with Crippen molar-refractivity contribution in [3.63, 3.8) is 0 Å². The van der Waals surface area contributed by atoms with Crippen LogP contribution in [-0.4, -0.2) is 9.97 Å². The van der Waals surface area contributed by atoms with Gasteiger partial charge in [-0.25, -0.2) is 9.97 Å². The van der Waals surface area contributed by atoms with Crippen molar-refractivity contribution >= 4 is 10.8 Å². The molecule has 0 saturated carbocycles. The second kappa shape index (κ2) is 10.8. The zero-order valence-corrected chi connectivity index (χ0v) is 27.8. The Morgan fingerprint density at radius 1 is 0.440 bits per heavy atom. The van der Waals surface area contributed by atoms with Crippen LogP contribution in [0.15, 0.2) is 158 Å². The molecule has 1 aliphatic heterocycles. The molecule has 50 heavy (non-hydrogen) atoms. The monoisotopic (exact) mass is 640 g/mol. The van der Waals surface area contributed by atoms with E-state index in [4.69, 9.17) is 14.7 Å². The highest BCUT2D eigenvalue weighted by molar-refractivity contribution is 6.04. The Morgan fingerprint density at radius 2 is 1.10 bits per heavy atom. The molecule has 236 valence electrons. The van der Waals surface area contributed by atoms with Gasteiger partial charge in [0.2, 0.25) is 0 Å². The molecule has 0 spiro atoms. The van der Waals surface area contributed by atoms with Gasteiger partial charge in [0.1, 0.15) is 11.5 Å². The van der Waals surface area contributed by atoms with E-state index in [0.717, 1.165) is 56.3 Å². The first-order valence-electron chi connectivity index (χ1n) is 17.2. The van der Waals surface area contributed by atoms with Crippen molar-refractivity contribution in [2.45, 2.75) is 19.3 Å².